The summed E-state index contributed by atoms with van der Waals surface area (Å²) in [4.78, 5) is 0. The topological polar surface area (TPSA) is 0 Å². The summed E-state index contributed by atoms with van der Waals surface area (Å²) in [6.45, 7) is 17.6. The van der Waals surface area contributed by atoms with Crippen molar-refractivity contribution in [1.82, 2.24) is 0 Å². The van der Waals surface area contributed by atoms with Crippen LogP contribution >= 0.6 is 15.9 Å². The van der Waals surface area contributed by atoms with E-state index in [2.05, 4.69) is 64.4 Å². The zero-order valence-corrected chi connectivity index (χ0v) is 22.3. The van der Waals surface area contributed by atoms with Gasteiger partial charge in [-0.1, -0.05) is 83.2 Å². The van der Waals surface area contributed by atoms with Crippen molar-refractivity contribution < 1.29 is 48.2 Å². The molecule has 0 bridgehead atoms. The minimum absolute atomic E-state index is 0. The Bertz CT molecular complexity index is 192. The molecular formula is C18H38Br2ClLiMg. The average Bonchev–Trinajstić information content (AvgIpc) is 2.23. The molecule has 134 valence electrons. The monoisotopic (exact) mass is 478 g/mol. The van der Waals surface area contributed by atoms with E-state index >= 15 is 0 Å². The summed E-state index contributed by atoms with van der Waals surface area (Å²) >= 11 is 3.43. The van der Waals surface area contributed by atoms with E-state index in [9.17, 15) is 0 Å². The van der Waals surface area contributed by atoms with E-state index in [-0.39, 0.29) is 71.3 Å². The van der Waals surface area contributed by atoms with Crippen molar-refractivity contribution in [2.24, 2.45) is 10.8 Å². The third-order valence-corrected chi connectivity index (χ3v) is 3.55. The van der Waals surface area contributed by atoms with Gasteiger partial charge in [0.05, 0.1) is 0 Å². The first-order chi connectivity index (χ1) is 8.62. The molecule has 0 spiro atoms. The first-order valence-corrected chi connectivity index (χ1v) is 9.10. The van der Waals surface area contributed by atoms with Gasteiger partial charge in [0.2, 0.25) is 0 Å². The maximum absolute atomic E-state index is 3.81. The second-order valence-electron chi connectivity index (χ2n) is 7.93. The summed E-state index contributed by atoms with van der Waals surface area (Å²) in [7, 11) is 0. The van der Waals surface area contributed by atoms with Crippen LogP contribution in [-0.4, -0.2) is 28.4 Å². The van der Waals surface area contributed by atoms with E-state index in [0.717, 1.165) is 11.8 Å². The van der Waals surface area contributed by atoms with Crippen molar-refractivity contribution in [3.63, 3.8) is 0 Å². The second-order valence-corrected chi connectivity index (χ2v) is 8.72. The van der Waals surface area contributed by atoms with Gasteiger partial charge in [-0.15, -0.1) is 0 Å². The number of hydrogen-bond donors (Lipinski definition) is 0. The maximum Gasteiger partial charge on any atom is 2.00 e. The Morgan fingerprint density at radius 3 is 1.35 bits per heavy atom. The van der Waals surface area contributed by atoms with Crippen LogP contribution in [0, 0.1) is 17.8 Å². The van der Waals surface area contributed by atoms with Crippen LogP contribution in [0.25, 0.3) is 0 Å². The van der Waals surface area contributed by atoms with E-state index in [0.29, 0.717) is 10.8 Å². The predicted octanol–water partition coefficient (Wildman–Crippen LogP) is -1.95. The number of hydrogen-bond acceptors (Lipinski definition) is 0. The van der Waals surface area contributed by atoms with Crippen LogP contribution < -0.4 is 48.2 Å². The van der Waals surface area contributed by atoms with Crippen molar-refractivity contribution in [3.8, 4) is 0 Å². The first kappa shape index (κ1) is 40.3. The minimum atomic E-state index is 0. The quantitative estimate of drug-likeness (QED) is 0.172. The molecule has 0 heterocycles. The van der Waals surface area contributed by atoms with Gasteiger partial charge in [0.1, 0.15) is 0 Å². The summed E-state index contributed by atoms with van der Waals surface area (Å²) in [6, 6.07) is 0. The van der Waals surface area contributed by atoms with Crippen LogP contribution in [0.4, 0.5) is 0 Å². The van der Waals surface area contributed by atoms with Crippen LogP contribution in [-0.2, 0) is 0 Å². The molecule has 0 aromatic heterocycles. The molecule has 0 rings (SSSR count). The Labute approximate surface area is 201 Å². The Hall–Kier alpha value is 2.61. The SMILES string of the molecule is CC(C)(C)CCCCCBr.[Br-].[CH2-]CCCCC(C)(C)C.[Cl-].[Li+].[Mg+2]. The van der Waals surface area contributed by atoms with E-state index in [1.54, 1.807) is 0 Å². The van der Waals surface area contributed by atoms with Crippen molar-refractivity contribution in [2.45, 2.75) is 92.9 Å². The number of unbranched alkanes of at least 4 members (excludes halogenated alkanes) is 4. The number of halogens is 3. The molecule has 0 aromatic carbocycles. The van der Waals surface area contributed by atoms with Crippen LogP contribution in [0.15, 0.2) is 0 Å². The predicted molar refractivity (Wildman–Crippen MR) is 101 cm³/mol. The number of alkyl halides is 1. The second kappa shape index (κ2) is 24.6. The van der Waals surface area contributed by atoms with E-state index < -0.39 is 0 Å². The Balaban J connectivity index is -0.0000000537. The molecule has 0 amide bonds. The molecule has 0 unspecified atom stereocenters. The van der Waals surface area contributed by atoms with Gasteiger partial charge in [0, 0.05) is 5.33 Å². The van der Waals surface area contributed by atoms with E-state index in [1.807, 2.05) is 0 Å². The third kappa shape index (κ3) is 51.6. The number of rotatable bonds is 7. The van der Waals surface area contributed by atoms with Gasteiger partial charge in [-0.05, 0) is 30.1 Å². The molecule has 5 heteroatoms. The first-order valence-electron chi connectivity index (χ1n) is 7.97. The molecule has 0 aliphatic rings. The zero-order chi connectivity index (χ0) is 15.4. The Kier molecular flexibility index (Phi) is 43.2. The molecular weight excluding hydrogens is 443 g/mol. The van der Waals surface area contributed by atoms with Crippen LogP contribution in [0.2, 0.25) is 0 Å². The van der Waals surface area contributed by atoms with Crippen molar-refractivity contribution in [1.29, 1.82) is 0 Å². The fourth-order valence-electron chi connectivity index (χ4n) is 1.76. The molecule has 0 atom stereocenters. The molecule has 0 nitrogen and oxygen atoms in total. The average molecular weight is 481 g/mol. The van der Waals surface area contributed by atoms with Gasteiger partial charge < -0.3 is 36.3 Å². The largest absolute Gasteiger partial charge is 2.00 e. The van der Waals surface area contributed by atoms with Crippen molar-refractivity contribution in [3.05, 3.63) is 6.92 Å². The normalized spacial score (nSPS) is 9.91. The summed E-state index contributed by atoms with van der Waals surface area (Å²) in [5.74, 6) is 0. The summed E-state index contributed by atoms with van der Waals surface area (Å²) in [5, 5.41) is 1.16. The summed E-state index contributed by atoms with van der Waals surface area (Å²) in [6.07, 6.45) is 10.5. The van der Waals surface area contributed by atoms with Gasteiger partial charge in [-0.2, -0.15) is 6.42 Å². The summed E-state index contributed by atoms with van der Waals surface area (Å²) in [5.41, 5.74) is 1.06. The molecule has 0 fully saturated rings. The maximum atomic E-state index is 3.81. The standard InChI is InChI=1S/C9H19Br.C9H19.BrH.ClH.Li.Mg/c1-9(2,3)7-5-4-6-8-10;1-5-6-7-8-9(2,3)4;;;;/h4-8H2,1-3H3;1,5-8H2,2-4H3;2*1H;;/q;-1;;;+1;+2/p-2. The van der Waals surface area contributed by atoms with Crippen LogP contribution in [0.1, 0.15) is 92.9 Å². The van der Waals surface area contributed by atoms with Gasteiger partial charge in [-0.3, -0.25) is 0 Å². The molecule has 0 aromatic rings. The fourth-order valence-corrected chi connectivity index (χ4v) is 2.16. The smallest absolute Gasteiger partial charge is 1.00 e. The van der Waals surface area contributed by atoms with Gasteiger partial charge in [0.25, 0.3) is 0 Å². The van der Waals surface area contributed by atoms with E-state index in [1.165, 1.54) is 44.9 Å². The fraction of sp³-hybridized carbons (Fsp3) is 0.944. The van der Waals surface area contributed by atoms with Crippen molar-refractivity contribution in [2.75, 3.05) is 5.33 Å². The Morgan fingerprint density at radius 2 is 1.09 bits per heavy atom. The van der Waals surface area contributed by atoms with E-state index in [4.69, 9.17) is 0 Å². The third-order valence-electron chi connectivity index (χ3n) is 2.99. The Morgan fingerprint density at radius 1 is 0.739 bits per heavy atom. The van der Waals surface area contributed by atoms with Gasteiger partial charge >= 0.3 is 41.9 Å². The van der Waals surface area contributed by atoms with Gasteiger partial charge in [0.15, 0.2) is 0 Å². The molecule has 0 saturated heterocycles. The minimum Gasteiger partial charge on any atom is -1.00 e. The van der Waals surface area contributed by atoms with Crippen LogP contribution in [0.3, 0.4) is 0 Å². The molecule has 0 radical (unpaired) electrons. The molecule has 0 aliphatic heterocycles. The molecule has 0 N–H and O–H groups in total. The molecule has 23 heavy (non-hydrogen) atoms. The van der Waals surface area contributed by atoms with Crippen LogP contribution in [0.5, 0.6) is 0 Å². The van der Waals surface area contributed by atoms with Crippen molar-refractivity contribution >= 4 is 39.0 Å². The van der Waals surface area contributed by atoms with Gasteiger partial charge in [-0.25, -0.2) is 0 Å². The zero-order valence-electron chi connectivity index (χ0n) is 16.9. The summed E-state index contributed by atoms with van der Waals surface area (Å²) < 4.78 is 0. The molecule has 0 saturated carbocycles. The molecule has 0 aliphatic carbocycles.